The molecule has 0 spiro atoms. The van der Waals surface area contributed by atoms with Crippen molar-refractivity contribution in [3.63, 3.8) is 0 Å². The van der Waals surface area contributed by atoms with Crippen molar-refractivity contribution in [1.29, 1.82) is 0 Å². The molecule has 1 atom stereocenters. The lowest BCUT2D eigenvalue weighted by atomic mass is 10.1. The van der Waals surface area contributed by atoms with Gasteiger partial charge in [-0.3, -0.25) is 9.52 Å². The Kier molecular flexibility index (Phi) is 8.49. The molecule has 1 aromatic heterocycles. The summed E-state index contributed by atoms with van der Waals surface area (Å²) in [7, 11) is -3.94. The van der Waals surface area contributed by atoms with Gasteiger partial charge in [-0.2, -0.15) is 5.10 Å². The van der Waals surface area contributed by atoms with E-state index in [-0.39, 0.29) is 21.2 Å². The molecule has 3 rings (SSSR count). The van der Waals surface area contributed by atoms with Crippen molar-refractivity contribution in [3.8, 4) is 5.75 Å². The first-order valence-electron chi connectivity index (χ1n) is 10.3. The van der Waals surface area contributed by atoms with Crippen molar-refractivity contribution in [3.05, 3.63) is 75.6 Å². The first-order chi connectivity index (χ1) is 16.6. The average Bonchev–Trinajstić information content (AvgIpc) is 3.27. The van der Waals surface area contributed by atoms with Crippen molar-refractivity contribution in [2.24, 2.45) is 5.10 Å². The molecule has 35 heavy (non-hydrogen) atoms. The fraction of sp³-hybridized carbons (Fsp3) is 0.174. The summed E-state index contributed by atoms with van der Waals surface area (Å²) in [4.78, 5) is 23.9. The summed E-state index contributed by atoms with van der Waals surface area (Å²) >= 11 is 6.73. The largest absolute Gasteiger partial charge is 0.479 e. The van der Waals surface area contributed by atoms with Gasteiger partial charge in [-0.1, -0.05) is 36.7 Å². The number of ether oxygens (including phenoxy) is 1. The molecule has 0 radical (unpaired) electrons. The van der Waals surface area contributed by atoms with Crippen LogP contribution in [0.5, 0.6) is 5.75 Å². The van der Waals surface area contributed by atoms with E-state index in [1.165, 1.54) is 37.4 Å². The molecule has 3 aromatic rings. The van der Waals surface area contributed by atoms with Gasteiger partial charge in [-0.05, 0) is 55.3 Å². The second kappa shape index (κ2) is 11.3. The molecule has 1 heterocycles. The van der Waals surface area contributed by atoms with E-state index in [0.717, 1.165) is 23.3 Å². The monoisotopic (exact) mass is 535 g/mol. The number of aryl methyl sites for hydroxylation is 1. The van der Waals surface area contributed by atoms with Crippen LogP contribution in [0.4, 0.5) is 5.69 Å². The lowest BCUT2D eigenvalue weighted by Crippen LogP contribution is -2.23. The minimum atomic E-state index is -3.94. The SMILES string of the molecule is CCc1ccc(OC(C)C(=O)O)c(C=NNC(=O)c2ccccc2NS(=O)(=O)c2ccc(Cl)s2)c1. The number of thiophene rings is 1. The number of aliphatic carboxylic acids is 1. The molecule has 1 amide bonds. The number of carbonyl (C=O) groups excluding carboxylic acids is 1. The zero-order valence-corrected chi connectivity index (χ0v) is 21.1. The first kappa shape index (κ1) is 26.2. The van der Waals surface area contributed by atoms with Crippen LogP contribution in [0.1, 0.15) is 35.3 Å². The highest BCUT2D eigenvalue weighted by Gasteiger charge is 2.20. The molecule has 2 aromatic carbocycles. The molecule has 0 aliphatic rings. The number of carbonyl (C=O) groups is 2. The Hall–Kier alpha value is -3.41. The van der Waals surface area contributed by atoms with E-state index in [0.29, 0.717) is 9.90 Å². The van der Waals surface area contributed by atoms with Crippen LogP contribution >= 0.6 is 22.9 Å². The van der Waals surface area contributed by atoms with Gasteiger partial charge in [-0.25, -0.2) is 18.6 Å². The van der Waals surface area contributed by atoms with Gasteiger partial charge < -0.3 is 9.84 Å². The normalized spacial score (nSPS) is 12.3. The van der Waals surface area contributed by atoms with Crippen LogP contribution < -0.4 is 14.9 Å². The highest BCUT2D eigenvalue weighted by molar-refractivity contribution is 7.94. The highest BCUT2D eigenvalue weighted by Crippen LogP contribution is 2.28. The van der Waals surface area contributed by atoms with Gasteiger partial charge in [-0.15, -0.1) is 11.3 Å². The first-order valence-corrected chi connectivity index (χ1v) is 13.0. The van der Waals surface area contributed by atoms with E-state index in [1.807, 2.05) is 13.0 Å². The number of anilines is 1. The molecule has 0 bridgehead atoms. The molecule has 0 saturated heterocycles. The molecule has 3 N–H and O–H groups in total. The Bertz CT molecular complexity index is 1370. The molecule has 0 fully saturated rings. The van der Waals surface area contributed by atoms with Crippen LogP contribution in [0, 0.1) is 0 Å². The highest BCUT2D eigenvalue weighted by atomic mass is 35.5. The van der Waals surface area contributed by atoms with Crippen molar-refractivity contribution < 1.29 is 27.9 Å². The standard InChI is InChI=1S/C23H22ClN3O6S2/c1-3-15-8-9-19(33-14(2)23(29)30)16(12-15)13-25-26-22(28)17-6-4-5-7-18(17)27-35(31,32)21-11-10-20(24)34-21/h4-14,27H,3H2,1-2H3,(H,26,28)(H,29,30). The Morgan fingerprint density at radius 3 is 2.60 bits per heavy atom. The molecule has 1 unspecified atom stereocenters. The smallest absolute Gasteiger partial charge is 0.344 e. The number of nitrogens with zero attached hydrogens (tertiary/aromatic N) is 1. The van der Waals surface area contributed by atoms with Gasteiger partial charge in [0.1, 0.15) is 9.96 Å². The van der Waals surface area contributed by atoms with E-state index < -0.39 is 28.0 Å². The summed E-state index contributed by atoms with van der Waals surface area (Å²) < 4.78 is 33.5. The number of carboxylic acid groups (broad SMARTS) is 1. The Labute approximate surface area is 211 Å². The summed E-state index contributed by atoms with van der Waals surface area (Å²) in [6.07, 6.45) is 0.981. The zero-order valence-electron chi connectivity index (χ0n) is 18.7. The quantitative estimate of drug-likeness (QED) is 0.260. The number of nitrogens with one attached hydrogen (secondary N) is 2. The molecule has 0 aliphatic heterocycles. The average molecular weight is 536 g/mol. The van der Waals surface area contributed by atoms with Crippen LogP contribution in [0.15, 0.2) is 63.9 Å². The fourth-order valence-electron chi connectivity index (χ4n) is 2.89. The number of hydrogen-bond donors (Lipinski definition) is 3. The maximum absolute atomic E-state index is 12.8. The summed E-state index contributed by atoms with van der Waals surface area (Å²) in [5, 5.41) is 13.1. The number of sulfonamides is 1. The van der Waals surface area contributed by atoms with E-state index in [1.54, 1.807) is 24.3 Å². The third-order valence-corrected chi connectivity index (χ3v) is 7.82. The third-order valence-electron chi connectivity index (χ3n) is 4.73. The summed E-state index contributed by atoms with van der Waals surface area (Å²) in [6, 6.07) is 14.1. The molecule has 184 valence electrons. The van der Waals surface area contributed by atoms with E-state index in [2.05, 4.69) is 15.2 Å². The fourth-order valence-corrected chi connectivity index (χ4v) is 5.46. The van der Waals surface area contributed by atoms with Crippen LogP contribution in [-0.2, 0) is 21.2 Å². The maximum Gasteiger partial charge on any atom is 0.344 e. The maximum atomic E-state index is 12.8. The van der Waals surface area contributed by atoms with Gasteiger partial charge in [0.2, 0.25) is 0 Å². The van der Waals surface area contributed by atoms with Crippen molar-refractivity contribution >= 4 is 56.7 Å². The topological polar surface area (TPSA) is 134 Å². The summed E-state index contributed by atoms with van der Waals surface area (Å²) in [6.45, 7) is 3.36. The van der Waals surface area contributed by atoms with Gasteiger partial charge in [0.05, 0.1) is 21.8 Å². The molecular formula is C23H22ClN3O6S2. The third kappa shape index (κ3) is 6.81. The van der Waals surface area contributed by atoms with Gasteiger partial charge >= 0.3 is 5.97 Å². The number of rotatable bonds is 10. The van der Waals surface area contributed by atoms with Gasteiger partial charge in [0.25, 0.3) is 15.9 Å². The Balaban J connectivity index is 1.79. The number of para-hydroxylation sites is 1. The Morgan fingerprint density at radius 1 is 1.20 bits per heavy atom. The van der Waals surface area contributed by atoms with Crippen LogP contribution in [0.25, 0.3) is 0 Å². The second-order valence-corrected chi connectivity index (χ2v) is 10.9. The lowest BCUT2D eigenvalue weighted by Gasteiger charge is -2.13. The van der Waals surface area contributed by atoms with E-state index >= 15 is 0 Å². The molecule has 9 nitrogen and oxygen atoms in total. The van der Waals surface area contributed by atoms with E-state index in [9.17, 15) is 18.0 Å². The van der Waals surface area contributed by atoms with E-state index in [4.69, 9.17) is 21.4 Å². The van der Waals surface area contributed by atoms with Gasteiger partial charge in [0, 0.05) is 5.56 Å². The molecular weight excluding hydrogens is 514 g/mol. The number of benzene rings is 2. The number of amides is 1. The lowest BCUT2D eigenvalue weighted by molar-refractivity contribution is -0.144. The number of hydrogen-bond acceptors (Lipinski definition) is 7. The second-order valence-electron chi connectivity index (χ2n) is 7.23. The molecule has 0 aliphatic carbocycles. The predicted octanol–water partition coefficient (Wildman–Crippen LogP) is 4.38. The zero-order chi connectivity index (χ0) is 25.6. The predicted molar refractivity (Wildman–Crippen MR) is 135 cm³/mol. The number of halogens is 1. The van der Waals surface area contributed by atoms with Crippen molar-refractivity contribution in [2.75, 3.05) is 4.72 Å². The van der Waals surface area contributed by atoms with Crippen molar-refractivity contribution in [1.82, 2.24) is 5.43 Å². The minimum Gasteiger partial charge on any atom is -0.479 e. The number of carboxylic acids is 1. The van der Waals surface area contributed by atoms with Crippen LogP contribution in [0.2, 0.25) is 4.34 Å². The van der Waals surface area contributed by atoms with Crippen LogP contribution in [0.3, 0.4) is 0 Å². The van der Waals surface area contributed by atoms with Gasteiger partial charge in [0.15, 0.2) is 6.10 Å². The Morgan fingerprint density at radius 2 is 1.94 bits per heavy atom. The minimum absolute atomic E-state index is 0.00894. The summed E-state index contributed by atoms with van der Waals surface area (Å²) in [5.74, 6) is -1.49. The molecule has 12 heteroatoms. The molecule has 0 saturated carbocycles. The van der Waals surface area contributed by atoms with Crippen molar-refractivity contribution in [2.45, 2.75) is 30.6 Å². The number of hydrazone groups is 1. The van der Waals surface area contributed by atoms with Crippen LogP contribution in [-0.4, -0.2) is 37.7 Å². The summed E-state index contributed by atoms with van der Waals surface area (Å²) in [5.41, 5.74) is 3.91.